The lowest BCUT2D eigenvalue weighted by atomic mass is 10.3. The summed E-state index contributed by atoms with van der Waals surface area (Å²) in [5.74, 6) is 2.80. The lowest BCUT2D eigenvalue weighted by Crippen LogP contribution is -2.36. The molecule has 52 heavy (non-hydrogen) atoms. The normalized spacial score (nSPS) is 12.2. The number of nitrogens with zero attached hydrogens (tertiary/aromatic N) is 10. The van der Waals surface area contributed by atoms with Gasteiger partial charge in [0, 0.05) is 13.1 Å². The molecule has 14 heteroatoms. The van der Waals surface area contributed by atoms with Crippen LogP contribution in [0, 0.1) is 0 Å². The SMILES string of the molecule is OCn1c(CN(CCN(Cc2nc3ccccc3n2CO)Cc2nc3ccccc3n2CO)Cc2nc3ccccc3n2CO)nc2ccccc21. The topological polar surface area (TPSA) is 159 Å². The van der Waals surface area contributed by atoms with Gasteiger partial charge in [-0.2, -0.15) is 0 Å². The Hall–Kier alpha value is -5.48. The van der Waals surface area contributed by atoms with Crippen molar-refractivity contribution in [2.24, 2.45) is 0 Å². The molecule has 0 spiro atoms. The van der Waals surface area contributed by atoms with Gasteiger partial charge in [-0.25, -0.2) is 19.9 Å². The molecule has 14 nitrogen and oxygen atoms in total. The predicted octanol–water partition coefficient (Wildman–Crippen LogP) is 3.59. The highest BCUT2D eigenvalue weighted by Gasteiger charge is 2.22. The first-order chi connectivity index (χ1) is 25.6. The van der Waals surface area contributed by atoms with Gasteiger partial charge in [-0.1, -0.05) is 48.5 Å². The Balaban J connectivity index is 1.16. The molecule has 0 saturated carbocycles. The van der Waals surface area contributed by atoms with E-state index < -0.39 is 0 Å². The van der Waals surface area contributed by atoms with E-state index in [1.807, 2.05) is 115 Å². The molecular weight excluding hydrogens is 660 g/mol. The molecule has 0 fully saturated rings. The molecule has 0 aliphatic rings. The smallest absolute Gasteiger partial charge is 0.126 e. The number of rotatable bonds is 15. The van der Waals surface area contributed by atoms with E-state index in [1.165, 1.54) is 0 Å². The number of aliphatic hydroxyl groups excluding tert-OH is 4. The van der Waals surface area contributed by atoms with Crippen LogP contribution in [0.5, 0.6) is 0 Å². The second-order valence-corrected chi connectivity index (χ2v) is 12.8. The van der Waals surface area contributed by atoms with E-state index in [9.17, 15) is 20.4 Å². The van der Waals surface area contributed by atoms with E-state index >= 15 is 0 Å². The van der Waals surface area contributed by atoms with Crippen LogP contribution < -0.4 is 0 Å². The molecule has 0 unspecified atom stereocenters. The van der Waals surface area contributed by atoms with Crippen molar-refractivity contribution in [3.63, 3.8) is 0 Å². The number of fused-ring (bicyclic) bond motifs is 4. The third-order valence-corrected chi connectivity index (χ3v) is 9.69. The van der Waals surface area contributed by atoms with Gasteiger partial charge in [0.2, 0.25) is 0 Å². The first-order valence-electron chi connectivity index (χ1n) is 17.2. The molecule has 8 aromatic rings. The number of para-hydroxylation sites is 8. The van der Waals surface area contributed by atoms with Gasteiger partial charge in [-0.3, -0.25) is 9.80 Å². The molecule has 4 aromatic carbocycles. The fourth-order valence-electron chi connectivity index (χ4n) is 7.13. The standard InChI is InChI=1S/C38H40N10O4/c49-23-45-31-13-5-1-9-27(31)39-35(45)19-43(20-36-40-28-10-2-6-14-32(28)46(36)24-50)17-18-44(21-37-41-29-11-3-7-15-33(29)47(37)25-51)22-38-42-30-12-4-8-16-34(30)48(38)26-52/h1-16,49-52H,17-26H2. The maximum atomic E-state index is 10.4. The fraction of sp³-hybridized carbons (Fsp3) is 0.263. The van der Waals surface area contributed by atoms with E-state index in [4.69, 9.17) is 19.9 Å². The van der Waals surface area contributed by atoms with Crippen molar-refractivity contribution in [3.05, 3.63) is 120 Å². The Kier molecular flexibility index (Phi) is 9.47. The zero-order chi connectivity index (χ0) is 35.6. The number of aliphatic hydroxyl groups is 4. The van der Waals surface area contributed by atoms with Gasteiger partial charge >= 0.3 is 0 Å². The summed E-state index contributed by atoms with van der Waals surface area (Å²) in [4.78, 5) is 24.0. The average Bonchev–Trinajstić information content (AvgIpc) is 3.92. The first-order valence-corrected chi connectivity index (χ1v) is 17.2. The highest BCUT2D eigenvalue weighted by molar-refractivity contribution is 5.78. The van der Waals surface area contributed by atoms with Crippen LogP contribution in [0.25, 0.3) is 44.1 Å². The minimum Gasteiger partial charge on any atom is -0.376 e. The van der Waals surface area contributed by atoms with Gasteiger partial charge in [0.15, 0.2) is 0 Å². The second kappa shape index (κ2) is 14.6. The molecule has 0 amide bonds. The summed E-state index contributed by atoms with van der Waals surface area (Å²) in [7, 11) is 0. The largest absolute Gasteiger partial charge is 0.376 e. The van der Waals surface area contributed by atoms with E-state index in [0.717, 1.165) is 44.1 Å². The number of hydrogen-bond acceptors (Lipinski definition) is 10. The summed E-state index contributed by atoms with van der Waals surface area (Å²) in [6.45, 7) is 1.73. The summed E-state index contributed by atoms with van der Waals surface area (Å²) < 4.78 is 7.23. The molecular formula is C38H40N10O4. The third kappa shape index (κ3) is 6.32. The molecule has 0 aliphatic heterocycles. The second-order valence-electron chi connectivity index (χ2n) is 12.8. The van der Waals surface area contributed by atoms with Crippen LogP contribution in [0.4, 0.5) is 0 Å². The Morgan fingerprint density at radius 2 is 0.596 bits per heavy atom. The van der Waals surface area contributed by atoms with Gasteiger partial charge in [0.05, 0.1) is 70.3 Å². The van der Waals surface area contributed by atoms with Crippen molar-refractivity contribution < 1.29 is 20.4 Å². The van der Waals surface area contributed by atoms with Crippen LogP contribution in [0.2, 0.25) is 0 Å². The maximum Gasteiger partial charge on any atom is 0.126 e. The lowest BCUT2D eigenvalue weighted by molar-refractivity contribution is 0.148. The van der Waals surface area contributed by atoms with Crippen LogP contribution in [-0.4, -0.2) is 81.5 Å². The van der Waals surface area contributed by atoms with Gasteiger partial charge < -0.3 is 38.7 Å². The molecule has 8 rings (SSSR count). The van der Waals surface area contributed by atoms with Gasteiger partial charge in [0.1, 0.15) is 50.2 Å². The van der Waals surface area contributed by atoms with Crippen LogP contribution in [0.3, 0.4) is 0 Å². The van der Waals surface area contributed by atoms with Crippen molar-refractivity contribution in [3.8, 4) is 0 Å². The zero-order valence-corrected chi connectivity index (χ0v) is 28.6. The zero-order valence-electron chi connectivity index (χ0n) is 28.6. The van der Waals surface area contributed by atoms with Gasteiger partial charge in [0.25, 0.3) is 0 Å². The minimum absolute atomic E-state index is 0.222. The Labute approximate surface area is 298 Å². The summed E-state index contributed by atoms with van der Waals surface area (Å²) in [5.41, 5.74) is 6.54. The summed E-state index contributed by atoms with van der Waals surface area (Å²) >= 11 is 0. The third-order valence-electron chi connectivity index (χ3n) is 9.69. The molecule has 0 radical (unpaired) electrons. The Morgan fingerprint density at radius 3 is 0.827 bits per heavy atom. The molecule has 4 N–H and O–H groups in total. The molecule has 4 aromatic heterocycles. The number of aromatic nitrogens is 8. The predicted molar refractivity (Wildman–Crippen MR) is 196 cm³/mol. The van der Waals surface area contributed by atoms with Crippen molar-refractivity contribution in [1.29, 1.82) is 0 Å². The summed E-state index contributed by atoms with van der Waals surface area (Å²) in [6, 6.07) is 30.9. The average molecular weight is 701 g/mol. The number of hydrogen-bond donors (Lipinski definition) is 4. The first kappa shape index (κ1) is 33.7. The highest BCUT2D eigenvalue weighted by atomic mass is 16.3. The van der Waals surface area contributed by atoms with Crippen molar-refractivity contribution in [1.82, 2.24) is 48.0 Å². The molecule has 266 valence electrons. The number of benzene rings is 4. The molecule has 0 saturated heterocycles. The molecule has 0 aliphatic carbocycles. The summed E-state index contributed by atoms with van der Waals surface area (Å²) in [5, 5.41) is 41.8. The van der Waals surface area contributed by atoms with Gasteiger partial charge in [-0.15, -0.1) is 0 Å². The van der Waals surface area contributed by atoms with E-state index in [0.29, 0.717) is 62.6 Å². The van der Waals surface area contributed by atoms with Crippen molar-refractivity contribution in [2.75, 3.05) is 13.1 Å². The monoisotopic (exact) mass is 700 g/mol. The molecule has 0 atom stereocenters. The van der Waals surface area contributed by atoms with E-state index in [-0.39, 0.29) is 26.9 Å². The van der Waals surface area contributed by atoms with Crippen LogP contribution in [-0.2, 0) is 53.1 Å². The van der Waals surface area contributed by atoms with Crippen LogP contribution in [0.1, 0.15) is 23.3 Å². The van der Waals surface area contributed by atoms with E-state index in [2.05, 4.69) is 9.80 Å². The molecule has 4 heterocycles. The minimum atomic E-state index is -0.222. The fourth-order valence-corrected chi connectivity index (χ4v) is 7.13. The number of imidazole rings is 4. The van der Waals surface area contributed by atoms with Crippen LogP contribution in [0.15, 0.2) is 97.1 Å². The summed E-state index contributed by atoms with van der Waals surface area (Å²) in [6.07, 6.45) is 0. The van der Waals surface area contributed by atoms with Gasteiger partial charge in [-0.05, 0) is 48.5 Å². The molecule has 0 bridgehead atoms. The van der Waals surface area contributed by atoms with Crippen molar-refractivity contribution in [2.45, 2.75) is 53.1 Å². The Bertz CT molecular complexity index is 2140. The highest BCUT2D eigenvalue weighted by Crippen LogP contribution is 2.23. The van der Waals surface area contributed by atoms with E-state index in [1.54, 1.807) is 0 Å². The Morgan fingerprint density at radius 1 is 0.365 bits per heavy atom. The van der Waals surface area contributed by atoms with Crippen molar-refractivity contribution >= 4 is 44.1 Å². The van der Waals surface area contributed by atoms with Crippen LogP contribution >= 0.6 is 0 Å². The lowest BCUT2D eigenvalue weighted by Gasteiger charge is -2.27. The quantitative estimate of drug-likeness (QED) is 0.125. The maximum absolute atomic E-state index is 10.4.